The number of carboxylic acids is 1. The highest BCUT2D eigenvalue weighted by atomic mass is 32.2. The van der Waals surface area contributed by atoms with Crippen LogP contribution < -0.4 is 0 Å². The molecule has 1 aromatic rings. The Bertz CT molecular complexity index is 582. The second kappa shape index (κ2) is 5.30. The van der Waals surface area contributed by atoms with E-state index in [0.29, 0.717) is 12.8 Å². The molecule has 1 aromatic carbocycles. The quantitative estimate of drug-likeness (QED) is 0.914. The van der Waals surface area contributed by atoms with Crippen molar-refractivity contribution in [3.8, 4) is 0 Å². The summed E-state index contributed by atoms with van der Waals surface area (Å²) < 4.78 is 26.2. The Balaban J connectivity index is 2.40. The first-order chi connectivity index (χ1) is 8.93. The second-order valence-electron chi connectivity index (χ2n) is 4.78. The van der Waals surface area contributed by atoms with Gasteiger partial charge in [0.25, 0.3) is 0 Å². The largest absolute Gasteiger partial charge is 0.480 e. The van der Waals surface area contributed by atoms with Gasteiger partial charge in [0.1, 0.15) is 6.04 Å². The smallest absolute Gasteiger partial charge is 0.322 e. The maximum atomic E-state index is 12.5. The van der Waals surface area contributed by atoms with Crippen LogP contribution in [-0.2, 0) is 14.8 Å². The summed E-state index contributed by atoms with van der Waals surface area (Å²) in [6, 6.07) is 5.61. The zero-order chi connectivity index (χ0) is 14.0. The van der Waals surface area contributed by atoms with Crippen molar-refractivity contribution in [1.82, 2.24) is 4.31 Å². The molecule has 0 amide bonds. The van der Waals surface area contributed by atoms with Crippen LogP contribution in [0.2, 0.25) is 0 Å². The molecule has 0 saturated carbocycles. The van der Waals surface area contributed by atoms with E-state index in [-0.39, 0.29) is 11.4 Å². The lowest BCUT2D eigenvalue weighted by Gasteiger charge is -2.31. The molecule has 19 heavy (non-hydrogen) atoms. The maximum absolute atomic E-state index is 12.5. The summed E-state index contributed by atoms with van der Waals surface area (Å²) in [7, 11) is -3.73. The van der Waals surface area contributed by atoms with Gasteiger partial charge in [-0.2, -0.15) is 4.31 Å². The van der Waals surface area contributed by atoms with E-state index in [1.807, 2.05) is 13.0 Å². The van der Waals surface area contributed by atoms with Crippen molar-refractivity contribution in [1.29, 1.82) is 0 Å². The first kappa shape index (κ1) is 14.0. The zero-order valence-corrected chi connectivity index (χ0v) is 11.6. The molecule has 104 valence electrons. The number of benzene rings is 1. The highest BCUT2D eigenvalue weighted by Crippen LogP contribution is 2.25. The van der Waals surface area contributed by atoms with E-state index < -0.39 is 22.0 Å². The Labute approximate surface area is 112 Å². The monoisotopic (exact) mass is 283 g/mol. The first-order valence-corrected chi connectivity index (χ1v) is 7.68. The van der Waals surface area contributed by atoms with Gasteiger partial charge in [-0.15, -0.1) is 0 Å². The number of aliphatic carboxylic acids is 1. The Hall–Kier alpha value is -1.40. The second-order valence-corrected chi connectivity index (χ2v) is 6.67. The van der Waals surface area contributed by atoms with Crippen LogP contribution >= 0.6 is 0 Å². The SMILES string of the molecule is Cc1cccc(S(=O)(=O)N2CCCCC2C(=O)O)c1. The first-order valence-electron chi connectivity index (χ1n) is 6.24. The van der Waals surface area contributed by atoms with Gasteiger partial charge >= 0.3 is 5.97 Å². The molecule has 0 bridgehead atoms. The molecule has 0 aromatic heterocycles. The molecule has 0 spiro atoms. The standard InChI is InChI=1S/C13H17NO4S/c1-10-5-4-6-11(9-10)19(17,18)14-8-3-2-7-12(14)13(15)16/h4-6,9,12H,2-3,7-8H2,1H3,(H,15,16). The van der Waals surface area contributed by atoms with Crippen molar-refractivity contribution in [3.05, 3.63) is 29.8 Å². The van der Waals surface area contributed by atoms with Gasteiger partial charge in [0.2, 0.25) is 10.0 Å². The number of hydrogen-bond donors (Lipinski definition) is 1. The predicted octanol–water partition coefficient (Wildman–Crippen LogP) is 1.62. The lowest BCUT2D eigenvalue weighted by atomic mass is 10.1. The number of carboxylic acid groups (broad SMARTS) is 1. The van der Waals surface area contributed by atoms with Crippen LogP contribution in [0.1, 0.15) is 24.8 Å². The lowest BCUT2D eigenvalue weighted by molar-refractivity contribution is -0.142. The van der Waals surface area contributed by atoms with Crippen LogP contribution in [0, 0.1) is 6.92 Å². The highest BCUT2D eigenvalue weighted by molar-refractivity contribution is 7.89. The van der Waals surface area contributed by atoms with Crippen LogP contribution in [-0.4, -0.2) is 36.4 Å². The third-order valence-corrected chi connectivity index (χ3v) is 5.24. The fraction of sp³-hybridized carbons (Fsp3) is 0.462. The highest BCUT2D eigenvalue weighted by Gasteiger charge is 2.37. The van der Waals surface area contributed by atoms with Crippen molar-refractivity contribution >= 4 is 16.0 Å². The molecule has 1 unspecified atom stereocenters. The minimum Gasteiger partial charge on any atom is -0.480 e. The van der Waals surface area contributed by atoms with Crippen LogP contribution in [0.15, 0.2) is 29.2 Å². The summed E-state index contributed by atoms with van der Waals surface area (Å²) in [5.41, 5.74) is 0.838. The number of carbonyl (C=O) groups is 1. The molecular weight excluding hydrogens is 266 g/mol. The van der Waals surface area contributed by atoms with Crippen molar-refractivity contribution in [3.63, 3.8) is 0 Å². The molecule has 1 N–H and O–H groups in total. The third-order valence-electron chi connectivity index (χ3n) is 3.33. The molecule has 6 heteroatoms. The number of piperidine rings is 1. The van der Waals surface area contributed by atoms with Gasteiger partial charge in [-0.3, -0.25) is 4.79 Å². The lowest BCUT2D eigenvalue weighted by Crippen LogP contribution is -2.47. The van der Waals surface area contributed by atoms with E-state index in [4.69, 9.17) is 5.11 Å². The number of nitrogens with zero attached hydrogens (tertiary/aromatic N) is 1. The minimum atomic E-state index is -3.73. The Morgan fingerprint density at radius 1 is 1.37 bits per heavy atom. The molecule has 1 fully saturated rings. The van der Waals surface area contributed by atoms with Gasteiger partial charge in [-0.25, -0.2) is 8.42 Å². The van der Waals surface area contributed by atoms with Gasteiger partial charge in [0.15, 0.2) is 0 Å². The molecule has 1 aliphatic rings. The van der Waals surface area contributed by atoms with Crippen LogP contribution in [0.25, 0.3) is 0 Å². The van der Waals surface area contributed by atoms with Gasteiger partial charge in [-0.1, -0.05) is 12.1 Å². The molecule has 0 radical (unpaired) electrons. The van der Waals surface area contributed by atoms with E-state index in [9.17, 15) is 13.2 Å². The molecule has 1 aliphatic heterocycles. The van der Waals surface area contributed by atoms with Crippen molar-refractivity contribution in [2.45, 2.75) is 37.1 Å². The number of aryl methyl sites for hydroxylation is 1. The topological polar surface area (TPSA) is 74.7 Å². The molecule has 5 nitrogen and oxygen atoms in total. The van der Waals surface area contributed by atoms with E-state index in [1.54, 1.807) is 12.1 Å². The van der Waals surface area contributed by atoms with E-state index in [0.717, 1.165) is 16.3 Å². The molecule has 0 aliphatic carbocycles. The van der Waals surface area contributed by atoms with Crippen molar-refractivity contribution < 1.29 is 18.3 Å². The van der Waals surface area contributed by atoms with E-state index in [1.165, 1.54) is 6.07 Å². The number of hydrogen-bond acceptors (Lipinski definition) is 3. The summed E-state index contributed by atoms with van der Waals surface area (Å²) in [6.45, 7) is 2.08. The Morgan fingerprint density at radius 3 is 2.74 bits per heavy atom. The Kier molecular flexibility index (Phi) is 3.91. The van der Waals surface area contributed by atoms with Crippen LogP contribution in [0.3, 0.4) is 0 Å². The van der Waals surface area contributed by atoms with Gasteiger partial charge < -0.3 is 5.11 Å². The summed E-state index contributed by atoms with van der Waals surface area (Å²) in [5.74, 6) is -1.07. The van der Waals surface area contributed by atoms with Crippen LogP contribution in [0.5, 0.6) is 0 Å². The average molecular weight is 283 g/mol. The summed E-state index contributed by atoms with van der Waals surface area (Å²) in [4.78, 5) is 11.4. The molecule has 2 rings (SSSR count). The third kappa shape index (κ3) is 2.79. The van der Waals surface area contributed by atoms with Gasteiger partial charge in [0.05, 0.1) is 4.90 Å². The molecule has 1 saturated heterocycles. The number of rotatable bonds is 3. The average Bonchev–Trinajstić information content (AvgIpc) is 2.38. The zero-order valence-electron chi connectivity index (χ0n) is 10.7. The van der Waals surface area contributed by atoms with Gasteiger partial charge in [0, 0.05) is 6.54 Å². The summed E-state index contributed by atoms with van der Waals surface area (Å²) >= 11 is 0. The fourth-order valence-corrected chi connectivity index (χ4v) is 4.11. The van der Waals surface area contributed by atoms with Crippen molar-refractivity contribution in [2.75, 3.05) is 6.54 Å². The Morgan fingerprint density at radius 2 is 2.11 bits per heavy atom. The number of sulfonamides is 1. The normalized spacial score (nSPS) is 21.2. The minimum absolute atomic E-state index is 0.167. The summed E-state index contributed by atoms with van der Waals surface area (Å²) in [5, 5.41) is 9.17. The predicted molar refractivity (Wildman–Crippen MR) is 70.3 cm³/mol. The molecule has 1 atom stereocenters. The molecular formula is C13H17NO4S. The van der Waals surface area contributed by atoms with Gasteiger partial charge in [-0.05, 0) is 43.9 Å². The molecule has 1 heterocycles. The fourth-order valence-electron chi connectivity index (χ4n) is 2.35. The maximum Gasteiger partial charge on any atom is 0.322 e. The van der Waals surface area contributed by atoms with Crippen LogP contribution in [0.4, 0.5) is 0 Å². The van der Waals surface area contributed by atoms with E-state index in [2.05, 4.69) is 0 Å². The van der Waals surface area contributed by atoms with E-state index >= 15 is 0 Å². The van der Waals surface area contributed by atoms with Crippen molar-refractivity contribution in [2.24, 2.45) is 0 Å². The summed E-state index contributed by atoms with van der Waals surface area (Å²) in [6.07, 6.45) is 1.83.